The van der Waals surface area contributed by atoms with Gasteiger partial charge in [-0.1, -0.05) is 0 Å². The maximum atomic E-state index is 12.5. The number of aliphatic hydroxyl groups is 2. The Morgan fingerprint density at radius 2 is 1.83 bits per heavy atom. The molecule has 2 saturated heterocycles. The second-order valence-corrected chi connectivity index (χ2v) is 8.59. The summed E-state index contributed by atoms with van der Waals surface area (Å²) in [6.07, 6.45) is 2.45. The number of hydrogen-bond acceptors (Lipinski definition) is 4. The molecule has 2 aliphatic heterocycles. The first-order valence-electron chi connectivity index (χ1n) is 9.12. The number of likely N-dealkylation sites (tertiary alicyclic amines) is 1. The van der Waals surface area contributed by atoms with E-state index >= 15 is 0 Å². The van der Waals surface area contributed by atoms with Crippen molar-refractivity contribution >= 4 is 29.1 Å². The SMILES string of the molecule is O=C([C@@H]1CCNC1)N1CCC(C(O)C2C(O)CCC(Cl)C2Cl)CC1. The van der Waals surface area contributed by atoms with Crippen LogP contribution in [0.2, 0.25) is 0 Å². The van der Waals surface area contributed by atoms with Crippen molar-refractivity contribution in [3.63, 3.8) is 0 Å². The molecular formula is C17H28Cl2N2O3. The normalized spacial score (nSPS) is 39.8. The minimum atomic E-state index is -0.658. The second-order valence-electron chi connectivity index (χ2n) is 7.53. The van der Waals surface area contributed by atoms with Gasteiger partial charge in [-0.05, 0) is 44.6 Å². The highest BCUT2D eigenvalue weighted by molar-refractivity contribution is 6.30. The van der Waals surface area contributed by atoms with Crippen LogP contribution in [-0.2, 0) is 4.79 Å². The molecule has 24 heavy (non-hydrogen) atoms. The minimum Gasteiger partial charge on any atom is -0.393 e. The van der Waals surface area contributed by atoms with E-state index in [0.29, 0.717) is 25.9 Å². The molecule has 0 aromatic rings. The second kappa shape index (κ2) is 8.09. The molecule has 1 aliphatic carbocycles. The molecule has 6 atom stereocenters. The van der Waals surface area contributed by atoms with E-state index in [1.807, 2.05) is 4.90 Å². The predicted molar refractivity (Wildman–Crippen MR) is 94.3 cm³/mol. The van der Waals surface area contributed by atoms with Crippen molar-refractivity contribution in [1.82, 2.24) is 10.2 Å². The van der Waals surface area contributed by atoms with Crippen LogP contribution in [0, 0.1) is 17.8 Å². The maximum absolute atomic E-state index is 12.5. The lowest BCUT2D eigenvalue weighted by molar-refractivity contribution is -0.137. The van der Waals surface area contributed by atoms with E-state index in [1.54, 1.807) is 0 Å². The van der Waals surface area contributed by atoms with Crippen LogP contribution in [0.15, 0.2) is 0 Å². The van der Waals surface area contributed by atoms with Gasteiger partial charge in [0.05, 0.1) is 28.9 Å². The Kier molecular flexibility index (Phi) is 6.30. The summed E-state index contributed by atoms with van der Waals surface area (Å²) >= 11 is 12.6. The molecule has 7 heteroatoms. The van der Waals surface area contributed by atoms with E-state index in [9.17, 15) is 15.0 Å². The molecule has 0 aromatic heterocycles. The summed E-state index contributed by atoms with van der Waals surface area (Å²) in [7, 11) is 0. The number of carbonyl (C=O) groups excluding carboxylic acids is 1. The summed E-state index contributed by atoms with van der Waals surface area (Å²) in [5.74, 6) is 0.0328. The summed E-state index contributed by atoms with van der Waals surface area (Å²) < 4.78 is 0. The van der Waals surface area contributed by atoms with Gasteiger partial charge in [-0.15, -0.1) is 23.2 Å². The third-order valence-corrected chi connectivity index (χ3v) is 7.25. The number of rotatable bonds is 3. The fourth-order valence-electron chi connectivity index (χ4n) is 4.45. The smallest absolute Gasteiger partial charge is 0.227 e. The maximum Gasteiger partial charge on any atom is 0.227 e. The first kappa shape index (κ1) is 18.7. The third-order valence-electron chi connectivity index (χ3n) is 6.03. The molecule has 3 rings (SSSR count). The standard InChI is InChI=1S/C17H28Cl2N2O3/c18-12-1-2-13(22)14(15(12)19)16(23)10-4-7-21(8-5-10)17(24)11-3-6-20-9-11/h10-16,20,22-23H,1-9H2/t11-,12?,13?,14?,15?,16?/m1/s1. The third kappa shape index (κ3) is 3.85. The predicted octanol–water partition coefficient (Wildman–Crippen LogP) is 1.18. The van der Waals surface area contributed by atoms with Crippen LogP contribution in [0.3, 0.4) is 0 Å². The lowest BCUT2D eigenvalue weighted by Gasteiger charge is -2.43. The minimum absolute atomic E-state index is 0.0682. The van der Waals surface area contributed by atoms with Crippen LogP contribution in [0.4, 0.5) is 0 Å². The van der Waals surface area contributed by atoms with Crippen molar-refractivity contribution in [3.8, 4) is 0 Å². The van der Waals surface area contributed by atoms with Crippen molar-refractivity contribution in [1.29, 1.82) is 0 Å². The van der Waals surface area contributed by atoms with Crippen LogP contribution in [0.25, 0.3) is 0 Å². The fraction of sp³-hybridized carbons (Fsp3) is 0.941. The summed E-state index contributed by atoms with van der Waals surface area (Å²) in [6.45, 7) is 3.05. The Bertz CT molecular complexity index is 440. The molecule has 5 unspecified atom stereocenters. The van der Waals surface area contributed by atoms with Gasteiger partial charge in [0.15, 0.2) is 0 Å². The van der Waals surface area contributed by atoms with E-state index in [4.69, 9.17) is 23.2 Å². The van der Waals surface area contributed by atoms with Crippen molar-refractivity contribution in [3.05, 3.63) is 0 Å². The number of alkyl halides is 2. The van der Waals surface area contributed by atoms with E-state index in [0.717, 1.165) is 32.4 Å². The Balaban J connectivity index is 1.54. The first-order chi connectivity index (χ1) is 11.5. The molecule has 5 nitrogen and oxygen atoms in total. The van der Waals surface area contributed by atoms with E-state index in [-0.39, 0.29) is 29.0 Å². The highest BCUT2D eigenvalue weighted by atomic mass is 35.5. The number of carbonyl (C=O) groups is 1. The molecule has 0 aromatic carbocycles. The summed E-state index contributed by atoms with van der Waals surface area (Å²) in [5.41, 5.74) is 0. The topological polar surface area (TPSA) is 72.8 Å². The summed E-state index contributed by atoms with van der Waals surface area (Å²) in [6, 6.07) is 0. The molecule has 1 saturated carbocycles. The number of nitrogens with one attached hydrogen (secondary N) is 1. The average Bonchev–Trinajstić information content (AvgIpc) is 3.12. The van der Waals surface area contributed by atoms with Gasteiger partial charge in [0.1, 0.15) is 0 Å². The lowest BCUT2D eigenvalue weighted by Crippen LogP contribution is -2.51. The van der Waals surface area contributed by atoms with Crippen LogP contribution < -0.4 is 5.32 Å². The number of amides is 1. The number of nitrogens with zero attached hydrogens (tertiary/aromatic N) is 1. The van der Waals surface area contributed by atoms with Crippen molar-refractivity contribution in [2.24, 2.45) is 17.8 Å². The molecule has 0 radical (unpaired) electrons. The molecule has 0 bridgehead atoms. The van der Waals surface area contributed by atoms with Crippen LogP contribution in [0.1, 0.15) is 32.1 Å². The largest absolute Gasteiger partial charge is 0.393 e. The fourth-order valence-corrected chi connectivity index (χ4v) is 5.19. The van der Waals surface area contributed by atoms with Gasteiger partial charge < -0.3 is 20.4 Å². The zero-order valence-corrected chi connectivity index (χ0v) is 15.4. The van der Waals surface area contributed by atoms with Gasteiger partial charge in [0.25, 0.3) is 0 Å². The molecule has 1 amide bonds. The quantitative estimate of drug-likeness (QED) is 0.644. The van der Waals surface area contributed by atoms with E-state index in [1.165, 1.54) is 0 Å². The average molecular weight is 379 g/mol. The van der Waals surface area contributed by atoms with Crippen LogP contribution >= 0.6 is 23.2 Å². The molecular weight excluding hydrogens is 351 g/mol. The Hall–Kier alpha value is -0.0700. The zero-order chi connectivity index (χ0) is 17.3. The van der Waals surface area contributed by atoms with Gasteiger partial charge in [-0.3, -0.25) is 4.79 Å². The van der Waals surface area contributed by atoms with Crippen molar-refractivity contribution < 1.29 is 15.0 Å². The first-order valence-corrected chi connectivity index (χ1v) is 10.00. The molecule has 3 N–H and O–H groups in total. The Labute approximate surface area is 153 Å². The van der Waals surface area contributed by atoms with Gasteiger partial charge in [-0.25, -0.2) is 0 Å². The van der Waals surface area contributed by atoms with Crippen LogP contribution in [-0.4, -0.2) is 70.2 Å². The van der Waals surface area contributed by atoms with Gasteiger partial charge >= 0.3 is 0 Å². The number of aliphatic hydroxyl groups excluding tert-OH is 2. The Morgan fingerprint density at radius 3 is 2.46 bits per heavy atom. The highest BCUT2D eigenvalue weighted by Gasteiger charge is 2.44. The summed E-state index contributed by atoms with van der Waals surface area (Å²) in [5, 5.41) is 23.7. The zero-order valence-electron chi connectivity index (χ0n) is 13.9. The molecule has 0 spiro atoms. The molecule has 3 fully saturated rings. The highest BCUT2D eigenvalue weighted by Crippen LogP contribution is 2.38. The van der Waals surface area contributed by atoms with Crippen LogP contribution in [0.5, 0.6) is 0 Å². The Morgan fingerprint density at radius 1 is 1.12 bits per heavy atom. The lowest BCUT2D eigenvalue weighted by atomic mass is 9.75. The molecule has 3 aliphatic rings. The monoisotopic (exact) mass is 378 g/mol. The van der Waals surface area contributed by atoms with Crippen molar-refractivity contribution in [2.75, 3.05) is 26.2 Å². The summed E-state index contributed by atoms with van der Waals surface area (Å²) in [4.78, 5) is 14.4. The number of halogens is 2. The van der Waals surface area contributed by atoms with Crippen molar-refractivity contribution in [2.45, 2.75) is 55.1 Å². The van der Waals surface area contributed by atoms with E-state index in [2.05, 4.69) is 5.32 Å². The molecule has 138 valence electrons. The van der Waals surface area contributed by atoms with E-state index < -0.39 is 17.6 Å². The van der Waals surface area contributed by atoms with Gasteiger partial charge in [0, 0.05) is 25.6 Å². The van der Waals surface area contributed by atoms with Gasteiger partial charge in [-0.2, -0.15) is 0 Å². The van der Waals surface area contributed by atoms with Gasteiger partial charge in [0.2, 0.25) is 5.91 Å². The number of hydrogen-bond donors (Lipinski definition) is 3. The molecule has 2 heterocycles. The number of piperidine rings is 1.